The summed E-state index contributed by atoms with van der Waals surface area (Å²) in [5, 5.41) is 21.1. The van der Waals surface area contributed by atoms with Gasteiger partial charge >= 0.3 is 5.97 Å². The lowest BCUT2D eigenvalue weighted by atomic mass is 9.88. The first-order valence-corrected chi connectivity index (χ1v) is 6.88. The summed E-state index contributed by atoms with van der Waals surface area (Å²) >= 11 is 3.21. The van der Waals surface area contributed by atoms with E-state index in [2.05, 4.69) is 40.1 Å². The van der Waals surface area contributed by atoms with Crippen LogP contribution >= 0.6 is 15.9 Å². The molecular formula is C13H19BrN2O3. The summed E-state index contributed by atoms with van der Waals surface area (Å²) < 4.78 is 0.634. The lowest BCUT2D eigenvalue weighted by molar-refractivity contribution is 0.0697. The summed E-state index contributed by atoms with van der Waals surface area (Å²) in [5.74, 6) is -0.641. The van der Waals surface area contributed by atoms with Crippen LogP contribution in [0.1, 0.15) is 37.0 Å². The van der Waals surface area contributed by atoms with E-state index in [1.54, 1.807) is 6.20 Å². The molecule has 0 aliphatic heterocycles. The Balaban J connectivity index is 2.75. The van der Waals surface area contributed by atoms with Crippen LogP contribution in [0.2, 0.25) is 0 Å². The normalized spacial score (nSPS) is 11.4. The molecule has 5 nitrogen and oxygen atoms in total. The summed E-state index contributed by atoms with van der Waals surface area (Å²) in [5.41, 5.74) is 0.111. The summed E-state index contributed by atoms with van der Waals surface area (Å²) in [6, 6.07) is 1.53. The van der Waals surface area contributed by atoms with E-state index in [1.165, 1.54) is 6.07 Å². The van der Waals surface area contributed by atoms with Crippen LogP contribution in [-0.4, -0.2) is 34.3 Å². The van der Waals surface area contributed by atoms with Crippen LogP contribution in [0.3, 0.4) is 0 Å². The maximum atomic E-state index is 11.1. The number of nitrogens with one attached hydrogen (secondary N) is 1. The van der Waals surface area contributed by atoms with Gasteiger partial charge in [-0.1, -0.05) is 13.8 Å². The average Bonchev–Trinajstić information content (AvgIpc) is 2.35. The average molecular weight is 331 g/mol. The zero-order valence-electron chi connectivity index (χ0n) is 11.1. The van der Waals surface area contributed by atoms with Crippen molar-refractivity contribution < 1.29 is 15.0 Å². The summed E-state index contributed by atoms with van der Waals surface area (Å²) in [7, 11) is 0. The van der Waals surface area contributed by atoms with Crippen LogP contribution in [0.15, 0.2) is 16.7 Å². The Bertz CT molecular complexity index is 450. The highest BCUT2D eigenvalue weighted by Crippen LogP contribution is 2.24. The van der Waals surface area contributed by atoms with Crippen molar-refractivity contribution in [3.8, 4) is 0 Å². The third-order valence-electron chi connectivity index (χ3n) is 2.83. The quantitative estimate of drug-likeness (QED) is 0.716. The number of hydrogen-bond acceptors (Lipinski definition) is 4. The zero-order valence-corrected chi connectivity index (χ0v) is 12.7. The number of carboxylic acid groups (broad SMARTS) is 1. The fourth-order valence-electron chi connectivity index (χ4n) is 1.71. The molecule has 0 saturated heterocycles. The van der Waals surface area contributed by atoms with Gasteiger partial charge in [-0.15, -0.1) is 0 Å². The van der Waals surface area contributed by atoms with E-state index in [0.29, 0.717) is 16.8 Å². The molecule has 1 heterocycles. The van der Waals surface area contributed by atoms with Crippen LogP contribution in [-0.2, 0) is 0 Å². The van der Waals surface area contributed by atoms with E-state index in [9.17, 15) is 4.79 Å². The molecule has 6 heteroatoms. The molecule has 0 fully saturated rings. The van der Waals surface area contributed by atoms with Gasteiger partial charge in [0.05, 0.1) is 0 Å². The first-order chi connectivity index (χ1) is 8.85. The number of aromatic nitrogens is 1. The van der Waals surface area contributed by atoms with Crippen molar-refractivity contribution in [3.63, 3.8) is 0 Å². The summed E-state index contributed by atoms with van der Waals surface area (Å²) in [6.45, 7) is 4.90. The number of aliphatic hydroxyl groups is 1. The predicted octanol–water partition coefficient (Wildman–Crippen LogP) is 2.75. The third-order valence-corrected chi connectivity index (χ3v) is 3.26. The molecule has 0 aliphatic carbocycles. The van der Waals surface area contributed by atoms with Gasteiger partial charge < -0.3 is 15.5 Å². The molecule has 0 aliphatic rings. The molecule has 19 heavy (non-hydrogen) atoms. The van der Waals surface area contributed by atoms with E-state index in [1.807, 2.05) is 0 Å². The topological polar surface area (TPSA) is 82.5 Å². The highest BCUT2D eigenvalue weighted by Gasteiger charge is 2.19. The van der Waals surface area contributed by atoms with Crippen LogP contribution in [0.25, 0.3) is 0 Å². The van der Waals surface area contributed by atoms with Gasteiger partial charge in [-0.25, -0.2) is 9.78 Å². The Kier molecular flexibility index (Phi) is 5.75. The number of rotatable bonds is 7. The standard InChI is InChI=1S/C13H19BrN2O3/c1-13(2,4-3-5-17)8-16-11-10(12(18)19)6-9(14)7-15-11/h6-7,17H,3-5,8H2,1-2H3,(H,15,16)(H,18,19). The minimum Gasteiger partial charge on any atom is -0.478 e. The molecule has 3 N–H and O–H groups in total. The van der Waals surface area contributed by atoms with Gasteiger partial charge in [0.25, 0.3) is 0 Å². The Labute approximate surface area is 121 Å². The molecule has 0 aromatic carbocycles. The smallest absolute Gasteiger partial charge is 0.339 e. The highest BCUT2D eigenvalue weighted by atomic mass is 79.9. The first-order valence-electron chi connectivity index (χ1n) is 6.09. The van der Waals surface area contributed by atoms with E-state index in [4.69, 9.17) is 10.2 Å². The Hall–Kier alpha value is -1.14. The molecule has 1 rings (SSSR count). The second kappa shape index (κ2) is 6.86. The molecule has 0 unspecified atom stereocenters. The van der Waals surface area contributed by atoms with Crippen molar-refractivity contribution in [2.45, 2.75) is 26.7 Å². The van der Waals surface area contributed by atoms with E-state index in [0.717, 1.165) is 12.8 Å². The molecule has 0 amide bonds. The van der Waals surface area contributed by atoms with Crippen molar-refractivity contribution in [1.29, 1.82) is 0 Å². The summed E-state index contributed by atoms with van der Waals surface area (Å²) in [4.78, 5) is 15.2. The fourth-order valence-corrected chi connectivity index (χ4v) is 2.04. The van der Waals surface area contributed by atoms with E-state index in [-0.39, 0.29) is 17.6 Å². The molecule has 1 aromatic heterocycles. The predicted molar refractivity (Wildman–Crippen MR) is 77.5 cm³/mol. The maximum Gasteiger partial charge on any atom is 0.339 e. The van der Waals surface area contributed by atoms with Gasteiger partial charge in [0, 0.05) is 23.8 Å². The molecule has 0 saturated carbocycles. The fraction of sp³-hybridized carbons (Fsp3) is 0.538. The van der Waals surface area contributed by atoms with Crippen LogP contribution in [0.4, 0.5) is 5.82 Å². The minimum absolute atomic E-state index is 0.0345. The van der Waals surface area contributed by atoms with Gasteiger partial charge in [-0.2, -0.15) is 0 Å². The van der Waals surface area contributed by atoms with E-state index >= 15 is 0 Å². The zero-order chi connectivity index (χ0) is 14.5. The maximum absolute atomic E-state index is 11.1. The molecule has 0 radical (unpaired) electrons. The number of pyridine rings is 1. The van der Waals surface area contributed by atoms with Crippen molar-refractivity contribution in [3.05, 3.63) is 22.3 Å². The van der Waals surface area contributed by atoms with Crippen molar-refractivity contribution in [1.82, 2.24) is 4.98 Å². The molecule has 0 spiro atoms. The second-order valence-electron chi connectivity index (χ2n) is 5.20. The highest BCUT2D eigenvalue weighted by molar-refractivity contribution is 9.10. The Morgan fingerprint density at radius 1 is 1.53 bits per heavy atom. The number of aliphatic hydroxyl groups excluding tert-OH is 1. The number of carboxylic acids is 1. The first kappa shape index (κ1) is 15.9. The van der Waals surface area contributed by atoms with Gasteiger partial charge in [-0.3, -0.25) is 0 Å². The third kappa shape index (κ3) is 5.16. The Morgan fingerprint density at radius 3 is 2.79 bits per heavy atom. The number of aromatic carboxylic acids is 1. The number of anilines is 1. The number of nitrogens with zero attached hydrogens (tertiary/aromatic N) is 1. The molecule has 106 valence electrons. The molecule has 0 bridgehead atoms. The van der Waals surface area contributed by atoms with Gasteiger partial charge in [0.1, 0.15) is 11.4 Å². The SMILES string of the molecule is CC(C)(CCCO)CNc1ncc(Br)cc1C(=O)O. The largest absolute Gasteiger partial charge is 0.478 e. The monoisotopic (exact) mass is 330 g/mol. The minimum atomic E-state index is -1.01. The summed E-state index contributed by atoms with van der Waals surface area (Å²) in [6.07, 6.45) is 3.15. The molecule has 1 aromatic rings. The number of carbonyl (C=O) groups is 1. The van der Waals surface area contributed by atoms with Crippen molar-refractivity contribution in [2.75, 3.05) is 18.5 Å². The van der Waals surface area contributed by atoms with Crippen LogP contribution in [0, 0.1) is 5.41 Å². The second-order valence-corrected chi connectivity index (χ2v) is 6.12. The van der Waals surface area contributed by atoms with Crippen molar-refractivity contribution in [2.24, 2.45) is 5.41 Å². The van der Waals surface area contributed by atoms with E-state index < -0.39 is 5.97 Å². The van der Waals surface area contributed by atoms with Crippen LogP contribution in [0.5, 0.6) is 0 Å². The lowest BCUT2D eigenvalue weighted by Gasteiger charge is -2.25. The number of halogens is 1. The van der Waals surface area contributed by atoms with Gasteiger partial charge in [-0.05, 0) is 40.3 Å². The van der Waals surface area contributed by atoms with Crippen LogP contribution < -0.4 is 5.32 Å². The van der Waals surface area contributed by atoms with Gasteiger partial charge in [0.15, 0.2) is 0 Å². The number of hydrogen-bond donors (Lipinski definition) is 3. The van der Waals surface area contributed by atoms with Gasteiger partial charge in [0.2, 0.25) is 0 Å². The van der Waals surface area contributed by atoms with Crippen molar-refractivity contribution >= 4 is 27.7 Å². The Morgan fingerprint density at radius 2 is 2.21 bits per heavy atom. The molecule has 0 atom stereocenters. The lowest BCUT2D eigenvalue weighted by Crippen LogP contribution is -2.24. The molecular weight excluding hydrogens is 312 g/mol.